The van der Waals surface area contributed by atoms with Gasteiger partial charge in [-0.3, -0.25) is 0 Å². The van der Waals surface area contributed by atoms with Crippen LogP contribution in [0.1, 0.15) is 22.3 Å². The van der Waals surface area contributed by atoms with E-state index >= 15 is 0 Å². The third-order valence-electron chi connectivity index (χ3n) is 3.53. The van der Waals surface area contributed by atoms with Crippen molar-refractivity contribution in [2.45, 2.75) is 13.8 Å². The van der Waals surface area contributed by atoms with Crippen LogP contribution in [0.3, 0.4) is 0 Å². The molecule has 0 saturated heterocycles. The molecule has 0 spiro atoms. The number of ether oxygens (including phenoxy) is 2. The molecule has 2 nitrogen and oxygen atoms in total. The molecule has 2 rings (SSSR count). The van der Waals surface area contributed by atoms with Crippen LogP contribution in [0, 0.1) is 13.8 Å². The Morgan fingerprint density at radius 2 is 1.10 bits per heavy atom. The van der Waals surface area contributed by atoms with Crippen molar-refractivity contribution in [2.24, 2.45) is 0 Å². The molecular weight excluding hydrogens is 248 g/mol. The maximum atomic E-state index is 5.34. The van der Waals surface area contributed by atoms with E-state index in [-0.39, 0.29) is 0 Å². The zero-order chi connectivity index (χ0) is 14.5. The first kappa shape index (κ1) is 14.2. The molecular formula is C18H20O2. The quantitative estimate of drug-likeness (QED) is 0.761. The van der Waals surface area contributed by atoms with Crippen LogP contribution in [0.15, 0.2) is 36.4 Å². The van der Waals surface area contributed by atoms with Crippen molar-refractivity contribution in [3.63, 3.8) is 0 Å². The van der Waals surface area contributed by atoms with Crippen molar-refractivity contribution in [1.29, 1.82) is 0 Å². The Bertz CT molecular complexity index is 572. The van der Waals surface area contributed by atoms with Gasteiger partial charge in [-0.15, -0.1) is 0 Å². The molecule has 0 aliphatic heterocycles. The minimum Gasteiger partial charge on any atom is -0.496 e. The zero-order valence-corrected chi connectivity index (χ0v) is 12.4. The summed E-state index contributed by atoms with van der Waals surface area (Å²) < 4.78 is 10.7. The zero-order valence-electron chi connectivity index (χ0n) is 12.4. The summed E-state index contributed by atoms with van der Waals surface area (Å²) in [7, 11) is 3.39. The molecule has 0 heterocycles. The van der Waals surface area contributed by atoms with E-state index in [4.69, 9.17) is 9.47 Å². The van der Waals surface area contributed by atoms with Gasteiger partial charge < -0.3 is 9.47 Å². The first-order valence-electron chi connectivity index (χ1n) is 6.62. The molecule has 0 aromatic heterocycles. The van der Waals surface area contributed by atoms with Crippen molar-refractivity contribution in [2.75, 3.05) is 14.2 Å². The number of benzene rings is 2. The van der Waals surface area contributed by atoms with Crippen LogP contribution in [0.2, 0.25) is 0 Å². The molecule has 0 saturated carbocycles. The highest BCUT2D eigenvalue weighted by Crippen LogP contribution is 2.25. The van der Waals surface area contributed by atoms with Crippen LogP contribution in [0.5, 0.6) is 11.5 Å². The summed E-state index contributed by atoms with van der Waals surface area (Å²) in [6, 6.07) is 12.1. The van der Waals surface area contributed by atoms with Crippen LogP contribution >= 0.6 is 0 Å². The molecule has 0 unspecified atom stereocenters. The second-order valence-corrected chi connectivity index (χ2v) is 4.68. The third kappa shape index (κ3) is 2.85. The van der Waals surface area contributed by atoms with Gasteiger partial charge in [-0.05, 0) is 48.2 Å². The average molecular weight is 268 g/mol. The summed E-state index contributed by atoms with van der Waals surface area (Å²) >= 11 is 0. The lowest BCUT2D eigenvalue weighted by molar-refractivity contribution is 0.411. The lowest BCUT2D eigenvalue weighted by Gasteiger charge is -2.08. The van der Waals surface area contributed by atoms with E-state index < -0.39 is 0 Å². The average Bonchev–Trinajstić information content (AvgIpc) is 2.47. The van der Waals surface area contributed by atoms with Crippen molar-refractivity contribution < 1.29 is 9.47 Å². The first-order chi connectivity index (χ1) is 9.67. The highest BCUT2D eigenvalue weighted by molar-refractivity contribution is 5.74. The maximum Gasteiger partial charge on any atom is 0.122 e. The maximum absolute atomic E-state index is 5.34. The topological polar surface area (TPSA) is 18.5 Å². The summed E-state index contributed by atoms with van der Waals surface area (Å²) in [5.41, 5.74) is 4.61. The molecule has 0 bridgehead atoms. The van der Waals surface area contributed by atoms with Gasteiger partial charge in [0.25, 0.3) is 0 Å². The first-order valence-corrected chi connectivity index (χ1v) is 6.62. The lowest BCUT2D eigenvalue weighted by atomic mass is 10.0. The molecule has 0 atom stereocenters. The Morgan fingerprint density at radius 3 is 1.45 bits per heavy atom. The fourth-order valence-corrected chi connectivity index (χ4v) is 2.25. The Balaban J connectivity index is 2.35. The molecule has 0 radical (unpaired) electrons. The minimum atomic E-state index is 0.912. The van der Waals surface area contributed by atoms with Gasteiger partial charge in [-0.2, -0.15) is 0 Å². The van der Waals surface area contributed by atoms with Crippen molar-refractivity contribution in [3.05, 3.63) is 58.7 Å². The summed E-state index contributed by atoms with van der Waals surface area (Å²) in [4.78, 5) is 0. The molecule has 104 valence electrons. The standard InChI is InChI=1S/C18H20O2/c1-13-15(7-5-9-17(13)19-3)11-12-16-8-6-10-18(20-4)14(16)2/h5-12H,1-4H3/b12-11-. The SMILES string of the molecule is COc1cccc(/C=C\c2cccc(OC)c2C)c1C. The van der Waals surface area contributed by atoms with Crippen molar-refractivity contribution in [1.82, 2.24) is 0 Å². The predicted molar refractivity (Wildman–Crippen MR) is 84.4 cm³/mol. The smallest absolute Gasteiger partial charge is 0.122 e. The van der Waals surface area contributed by atoms with Crippen molar-refractivity contribution in [3.8, 4) is 11.5 Å². The third-order valence-corrected chi connectivity index (χ3v) is 3.53. The Kier molecular flexibility index (Phi) is 4.46. The Morgan fingerprint density at radius 1 is 0.700 bits per heavy atom. The molecule has 0 N–H and O–H groups in total. The molecule has 20 heavy (non-hydrogen) atoms. The fourth-order valence-electron chi connectivity index (χ4n) is 2.25. The molecule has 2 aromatic carbocycles. The van der Waals surface area contributed by atoms with E-state index in [0.717, 1.165) is 33.8 Å². The summed E-state index contributed by atoms with van der Waals surface area (Å²) in [6.45, 7) is 4.13. The largest absolute Gasteiger partial charge is 0.496 e. The van der Waals surface area contributed by atoms with Crippen LogP contribution in [0.4, 0.5) is 0 Å². The summed E-state index contributed by atoms with van der Waals surface area (Å²) in [6.07, 6.45) is 4.22. The summed E-state index contributed by atoms with van der Waals surface area (Å²) in [5, 5.41) is 0. The number of methoxy groups -OCH3 is 2. The van der Waals surface area contributed by atoms with Gasteiger partial charge in [0.05, 0.1) is 14.2 Å². The van der Waals surface area contributed by atoms with Crippen LogP contribution in [-0.2, 0) is 0 Å². The molecule has 2 heteroatoms. The molecule has 0 aliphatic carbocycles. The van der Waals surface area contributed by atoms with Gasteiger partial charge in [0.2, 0.25) is 0 Å². The fraction of sp³-hybridized carbons (Fsp3) is 0.222. The van der Waals surface area contributed by atoms with Crippen LogP contribution < -0.4 is 9.47 Å². The second-order valence-electron chi connectivity index (χ2n) is 4.68. The van der Waals surface area contributed by atoms with E-state index in [1.54, 1.807) is 14.2 Å². The van der Waals surface area contributed by atoms with Gasteiger partial charge in [0.1, 0.15) is 11.5 Å². The predicted octanol–water partition coefficient (Wildman–Crippen LogP) is 4.49. The van der Waals surface area contributed by atoms with Crippen LogP contribution in [0.25, 0.3) is 12.2 Å². The Labute approximate surface area is 120 Å². The summed E-state index contributed by atoms with van der Waals surface area (Å²) in [5.74, 6) is 1.82. The van der Waals surface area contributed by atoms with E-state index in [9.17, 15) is 0 Å². The number of hydrogen-bond acceptors (Lipinski definition) is 2. The second kappa shape index (κ2) is 6.29. The molecule has 0 aliphatic rings. The molecule has 0 fully saturated rings. The normalized spacial score (nSPS) is 10.8. The van der Waals surface area contributed by atoms with E-state index in [1.165, 1.54) is 0 Å². The van der Waals surface area contributed by atoms with Crippen LogP contribution in [-0.4, -0.2) is 14.2 Å². The van der Waals surface area contributed by atoms with E-state index in [0.29, 0.717) is 0 Å². The van der Waals surface area contributed by atoms with Gasteiger partial charge in [0.15, 0.2) is 0 Å². The van der Waals surface area contributed by atoms with Crippen molar-refractivity contribution >= 4 is 12.2 Å². The van der Waals surface area contributed by atoms with E-state index in [1.807, 2.05) is 24.3 Å². The minimum absolute atomic E-state index is 0.912. The number of hydrogen-bond donors (Lipinski definition) is 0. The molecule has 0 amide bonds. The van der Waals surface area contributed by atoms with E-state index in [2.05, 4.69) is 38.1 Å². The Hall–Kier alpha value is -2.22. The highest BCUT2D eigenvalue weighted by atomic mass is 16.5. The number of rotatable bonds is 4. The van der Waals surface area contributed by atoms with Gasteiger partial charge >= 0.3 is 0 Å². The lowest BCUT2D eigenvalue weighted by Crippen LogP contribution is -1.90. The monoisotopic (exact) mass is 268 g/mol. The van der Waals surface area contributed by atoms with Gasteiger partial charge in [0, 0.05) is 0 Å². The van der Waals surface area contributed by atoms with Gasteiger partial charge in [-0.1, -0.05) is 36.4 Å². The van der Waals surface area contributed by atoms with Gasteiger partial charge in [-0.25, -0.2) is 0 Å². The highest BCUT2D eigenvalue weighted by Gasteiger charge is 2.03. The molecule has 2 aromatic rings.